The molecule has 0 radical (unpaired) electrons. The van der Waals surface area contributed by atoms with Crippen LogP contribution >= 0.6 is 11.6 Å². The highest BCUT2D eigenvalue weighted by Crippen LogP contribution is 2.32. The van der Waals surface area contributed by atoms with E-state index in [9.17, 15) is 9.59 Å². The van der Waals surface area contributed by atoms with Gasteiger partial charge in [0.25, 0.3) is 11.7 Å². The van der Waals surface area contributed by atoms with Gasteiger partial charge in [0.1, 0.15) is 0 Å². The number of hydrogen-bond donors (Lipinski definition) is 0. The Hall–Kier alpha value is -2.20. The molecule has 0 saturated carbocycles. The predicted molar refractivity (Wildman–Crippen MR) is 71.2 cm³/mol. The van der Waals surface area contributed by atoms with E-state index in [2.05, 4.69) is 4.98 Å². The molecule has 0 bridgehead atoms. The van der Waals surface area contributed by atoms with Gasteiger partial charge in [0.05, 0.1) is 17.8 Å². The van der Waals surface area contributed by atoms with Gasteiger partial charge < -0.3 is 4.90 Å². The molecule has 1 amide bonds. The van der Waals surface area contributed by atoms with Crippen LogP contribution in [0.1, 0.15) is 15.9 Å². The van der Waals surface area contributed by atoms with Crippen molar-refractivity contribution in [2.24, 2.45) is 0 Å². The second-order valence-corrected chi connectivity index (χ2v) is 4.68. The summed E-state index contributed by atoms with van der Waals surface area (Å²) in [6, 6.07) is 8.47. The van der Waals surface area contributed by atoms with E-state index >= 15 is 0 Å². The second-order valence-electron chi connectivity index (χ2n) is 4.24. The third-order valence-electron chi connectivity index (χ3n) is 3.00. The normalized spacial score (nSPS) is 13.8. The predicted octanol–water partition coefficient (Wildman–Crippen LogP) is 2.46. The fraction of sp³-hybridized carbons (Fsp3) is 0.0714. The molecule has 0 fully saturated rings. The molecular weight excluding hydrogens is 264 g/mol. The van der Waals surface area contributed by atoms with Crippen LogP contribution < -0.4 is 4.90 Å². The zero-order valence-corrected chi connectivity index (χ0v) is 10.6. The minimum absolute atomic E-state index is 0.311. The van der Waals surface area contributed by atoms with Gasteiger partial charge in [-0.05, 0) is 29.8 Å². The molecule has 0 saturated heterocycles. The largest absolute Gasteiger partial charge is 0.300 e. The van der Waals surface area contributed by atoms with Crippen LogP contribution in [0.5, 0.6) is 0 Å². The van der Waals surface area contributed by atoms with E-state index in [0.29, 0.717) is 22.8 Å². The van der Waals surface area contributed by atoms with Crippen molar-refractivity contribution in [3.8, 4) is 0 Å². The molecule has 4 nitrogen and oxygen atoms in total. The van der Waals surface area contributed by atoms with Crippen molar-refractivity contribution in [3.05, 3.63) is 58.9 Å². The Morgan fingerprint density at radius 2 is 2.05 bits per heavy atom. The Balaban J connectivity index is 2.01. The molecule has 1 aromatic heterocycles. The first kappa shape index (κ1) is 11.9. The minimum Gasteiger partial charge on any atom is -0.300 e. The fourth-order valence-corrected chi connectivity index (χ4v) is 2.26. The molecule has 19 heavy (non-hydrogen) atoms. The lowest BCUT2D eigenvalue weighted by molar-refractivity contribution is -0.114. The molecular formula is C14H9ClN2O2. The van der Waals surface area contributed by atoms with Gasteiger partial charge in [0, 0.05) is 17.4 Å². The zero-order valence-electron chi connectivity index (χ0n) is 9.84. The summed E-state index contributed by atoms with van der Waals surface area (Å²) in [5.41, 5.74) is 1.82. The standard InChI is InChI=1S/C14H9ClN2O2/c15-10-3-4-11-12(6-10)17(14(19)13(11)18)8-9-2-1-5-16-7-9/h1-7H,8H2. The van der Waals surface area contributed by atoms with Gasteiger partial charge in [0.15, 0.2) is 0 Å². The average molecular weight is 273 g/mol. The number of amides is 1. The van der Waals surface area contributed by atoms with E-state index in [4.69, 9.17) is 11.6 Å². The number of carbonyl (C=O) groups excluding carboxylic acids is 2. The monoisotopic (exact) mass is 272 g/mol. The quantitative estimate of drug-likeness (QED) is 0.789. The first-order valence-corrected chi connectivity index (χ1v) is 6.09. The van der Waals surface area contributed by atoms with Gasteiger partial charge in [-0.3, -0.25) is 14.6 Å². The van der Waals surface area contributed by atoms with Gasteiger partial charge >= 0.3 is 0 Å². The Bertz CT molecular complexity index is 670. The lowest BCUT2D eigenvalue weighted by Gasteiger charge is -2.16. The van der Waals surface area contributed by atoms with Gasteiger partial charge in [0.2, 0.25) is 0 Å². The fourth-order valence-electron chi connectivity index (χ4n) is 2.10. The molecule has 2 heterocycles. The summed E-state index contributed by atoms with van der Waals surface area (Å²) < 4.78 is 0. The van der Waals surface area contributed by atoms with E-state index in [1.54, 1.807) is 36.7 Å². The first-order chi connectivity index (χ1) is 9.16. The number of ketones is 1. The SMILES string of the molecule is O=C1C(=O)N(Cc2cccnc2)c2cc(Cl)ccc21. The molecule has 0 aliphatic carbocycles. The van der Waals surface area contributed by atoms with Gasteiger partial charge in [-0.25, -0.2) is 0 Å². The van der Waals surface area contributed by atoms with Crippen LogP contribution in [0.15, 0.2) is 42.7 Å². The van der Waals surface area contributed by atoms with Crippen LogP contribution in [0, 0.1) is 0 Å². The number of aromatic nitrogens is 1. The number of halogens is 1. The van der Waals surface area contributed by atoms with Crippen molar-refractivity contribution in [2.75, 3.05) is 4.90 Å². The van der Waals surface area contributed by atoms with E-state index in [1.807, 2.05) is 6.07 Å². The lowest BCUT2D eigenvalue weighted by Crippen LogP contribution is -2.29. The lowest BCUT2D eigenvalue weighted by atomic mass is 10.1. The number of nitrogens with zero attached hydrogens (tertiary/aromatic N) is 2. The van der Waals surface area contributed by atoms with E-state index in [-0.39, 0.29) is 0 Å². The molecule has 0 atom stereocenters. The van der Waals surface area contributed by atoms with Crippen LogP contribution in [0.4, 0.5) is 5.69 Å². The van der Waals surface area contributed by atoms with E-state index in [1.165, 1.54) is 4.90 Å². The van der Waals surface area contributed by atoms with Crippen LogP contribution in [0.3, 0.4) is 0 Å². The summed E-state index contributed by atoms with van der Waals surface area (Å²) in [5.74, 6) is -1.02. The Kier molecular flexibility index (Phi) is 2.80. The van der Waals surface area contributed by atoms with Crippen molar-refractivity contribution in [3.63, 3.8) is 0 Å². The minimum atomic E-state index is -0.527. The van der Waals surface area contributed by atoms with Crippen LogP contribution in [-0.2, 0) is 11.3 Å². The summed E-state index contributed by atoms with van der Waals surface area (Å²) in [7, 11) is 0. The number of pyridine rings is 1. The second kappa shape index (κ2) is 4.48. The van der Waals surface area contributed by atoms with Gasteiger partial charge in [-0.2, -0.15) is 0 Å². The van der Waals surface area contributed by atoms with Crippen LogP contribution in [-0.4, -0.2) is 16.7 Å². The highest BCUT2D eigenvalue weighted by molar-refractivity contribution is 6.52. The average Bonchev–Trinajstić information content (AvgIpc) is 2.65. The van der Waals surface area contributed by atoms with Crippen molar-refractivity contribution in [2.45, 2.75) is 6.54 Å². The third kappa shape index (κ3) is 2.00. The molecule has 2 aromatic rings. The van der Waals surface area contributed by atoms with Gasteiger partial charge in [-0.1, -0.05) is 17.7 Å². The molecule has 0 spiro atoms. The van der Waals surface area contributed by atoms with Crippen molar-refractivity contribution in [1.82, 2.24) is 4.98 Å². The summed E-state index contributed by atoms with van der Waals surface area (Å²) in [6.45, 7) is 0.311. The zero-order chi connectivity index (χ0) is 13.4. The summed E-state index contributed by atoms with van der Waals surface area (Å²) >= 11 is 5.93. The Morgan fingerprint density at radius 1 is 1.21 bits per heavy atom. The van der Waals surface area contributed by atoms with E-state index in [0.717, 1.165) is 5.56 Å². The molecule has 1 aliphatic rings. The van der Waals surface area contributed by atoms with E-state index < -0.39 is 11.7 Å². The number of benzene rings is 1. The topological polar surface area (TPSA) is 50.3 Å². The molecule has 0 unspecified atom stereocenters. The first-order valence-electron chi connectivity index (χ1n) is 5.71. The molecule has 0 N–H and O–H groups in total. The highest BCUT2D eigenvalue weighted by atomic mass is 35.5. The summed E-state index contributed by atoms with van der Waals surface area (Å²) in [5, 5.41) is 0.498. The number of carbonyl (C=O) groups is 2. The third-order valence-corrected chi connectivity index (χ3v) is 3.23. The maximum absolute atomic E-state index is 12.0. The number of hydrogen-bond acceptors (Lipinski definition) is 3. The molecule has 3 rings (SSSR count). The van der Waals surface area contributed by atoms with Crippen molar-refractivity contribution >= 4 is 29.0 Å². The molecule has 1 aliphatic heterocycles. The molecule has 5 heteroatoms. The smallest absolute Gasteiger partial charge is 0.299 e. The van der Waals surface area contributed by atoms with Crippen molar-refractivity contribution < 1.29 is 9.59 Å². The maximum atomic E-state index is 12.0. The summed E-state index contributed by atoms with van der Waals surface area (Å²) in [4.78, 5) is 29.3. The molecule has 1 aromatic carbocycles. The Morgan fingerprint density at radius 3 is 2.79 bits per heavy atom. The number of fused-ring (bicyclic) bond motifs is 1. The number of Topliss-reactive ketones (excluding diaryl/α,β-unsaturated/α-hetero) is 1. The van der Waals surface area contributed by atoms with Gasteiger partial charge in [-0.15, -0.1) is 0 Å². The summed E-state index contributed by atoms with van der Waals surface area (Å²) in [6.07, 6.45) is 3.32. The number of rotatable bonds is 2. The molecule has 94 valence electrons. The number of anilines is 1. The highest BCUT2D eigenvalue weighted by Gasteiger charge is 2.35. The van der Waals surface area contributed by atoms with Crippen LogP contribution in [0.25, 0.3) is 0 Å². The van der Waals surface area contributed by atoms with Crippen LogP contribution in [0.2, 0.25) is 5.02 Å². The Labute approximate surface area is 114 Å². The van der Waals surface area contributed by atoms with Crippen molar-refractivity contribution in [1.29, 1.82) is 0 Å². The maximum Gasteiger partial charge on any atom is 0.299 e.